The molecule has 0 bridgehead atoms. The first-order valence-electron chi connectivity index (χ1n) is 9.52. The topological polar surface area (TPSA) is 64.0 Å². The molecule has 0 atom stereocenters. The first-order chi connectivity index (χ1) is 14.2. The number of aromatic nitrogens is 2. The predicted octanol–water partition coefficient (Wildman–Crippen LogP) is 4.00. The molecule has 4 rings (SSSR count). The van der Waals surface area contributed by atoms with Gasteiger partial charge in [0.05, 0.1) is 11.7 Å². The third kappa shape index (κ3) is 4.12. The molecule has 2 heterocycles. The molecule has 6 heteroatoms. The van der Waals surface area contributed by atoms with Crippen molar-refractivity contribution >= 4 is 27.5 Å². The zero-order chi connectivity index (χ0) is 20.2. The van der Waals surface area contributed by atoms with Crippen LogP contribution in [-0.4, -0.2) is 15.5 Å². The van der Waals surface area contributed by atoms with Gasteiger partial charge < -0.3 is 5.32 Å². The van der Waals surface area contributed by atoms with Gasteiger partial charge in [0.15, 0.2) is 0 Å². The van der Waals surface area contributed by atoms with E-state index in [-0.39, 0.29) is 18.0 Å². The standard InChI is InChI=1S/C23H21N3O2S/c1-2-16-8-10-18(11-9-16)19-14-29-22-21(19)23(28)26(15-25-22)13-20(27)24-12-17-6-4-3-5-7-17/h3-11,14-15H,2,12-13H2,1H3,(H,24,27). The molecule has 0 saturated heterocycles. The average molecular weight is 404 g/mol. The van der Waals surface area contributed by atoms with Crippen LogP contribution in [0.5, 0.6) is 0 Å². The summed E-state index contributed by atoms with van der Waals surface area (Å²) < 4.78 is 1.37. The Morgan fingerprint density at radius 1 is 1.07 bits per heavy atom. The highest BCUT2D eigenvalue weighted by Gasteiger charge is 2.14. The molecule has 2 aromatic carbocycles. The average Bonchev–Trinajstić information content (AvgIpc) is 3.20. The van der Waals surface area contributed by atoms with Crippen molar-refractivity contribution in [3.05, 3.63) is 87.8 Å². The van der Waals surface area contributed by atoms with E-state index in [2.05, 4.69) is 29.4 Å². The number of carbonyl (C=O) groups is 1. The molecule has 0 aliphatic rings. The maximum Gasteiger partial charge on any atom is 0.263 e. The summed E-state index contributed by atoms with van der Waals surface area (Å²) in [5.41, 5.74) is 3.92. The Morgan fingerprint density at radius 3 is 2.55 bits per heavy atom. The number of hydrogen-bond donors (Lipinski definition) is 1. The van der Waals surface area contributed by atoms with Crippen LogP contribution < -0.4 is 10.9 Å². The van der Waals surface area contributed by atoms with Crippen molar-refractivity contribution in [1.29, 1.82) is 0 Å². The molecule has 0 fully saturated rings. The van der Waals surface area contributed by atoms with Gasteiger partial charge in [-0.1, -0.05) is 61.5 Å². The number of nitrogens with one attached hydrogen (secondary N) is 1. The molecule has 1 N–H and O–H groups in total. The van der Waals surface area contributed by atoms with Gasteiger partial charge in [0.1, 0.15) is 11.4 Å². The number of aryl methyl sites for hydroxylation is 1. The van der Waals surface area contributed by atoms with Gasteiger partial charge in [-0.05, 0) is 23.1 Å². The Bertz CT molecular complexity index is 1190. The van der Waals surface area contributed by atoms with Crippen LogP contribution >= 0.6 is 11.3 Å². The van der Waals surface area contributed by atoms with E-state index in [0.717, 1.165) is 23.1 Å². The molecule has 2 aromatic heterocycles. The lowest BCUT2D eigenvalue weighted by molar-refractivity contribution is -0.121. The van der Waals surface area contributed by atoms with Gasteiger partial charge in [-0.2, -0.15) is 0 Å². The molecule has 1 amide bonds. The number of amides is 1. The monoisotopic (exact) mass is 403 g/mol. The lowest BCUT2D eigenvalue weighted by atomic mass is 10.0. The highest BCUT2D eigenvalue weighted by molar-refractivity contribution is 7.17. The van der Waals surface area contributed by atoms with E-state index in [9.17, 15) is 9.59 Å². The van der Waals surface area contributed by atoms with Gasteiger partial charge in [0.25, 0.3) is 5.56 Å². The second kappa shape index (κ2) is 8.41. The quantitative estimate of drug-likeness (QED) is 0.529. The summed E-state index contributed by atoms with van der Waals surface area (Å²) in [6.07, 6.45) is 2.42. The summed E-state index contributed by atoms with van der Waals surface area (Å²) in [6.45, 7) is 2.48. The molecule has 0 saturated carbocycles. The molecule has 5 nitrogen and oxygen atoms in total. The van der Waals surface area contributed by atoms with Crippen molar-refractivity contribution in [2.75, 3.05) is 0 Å². The number of fused-ring (bicyclic) bond motifs is 1. The fourth-order valence-corrected chi connectivity index (χ4v) is 4.13. The fraction of sp³-hybridized carbons (Fsp3) is 0.174. The molecule has 4 aromatic rings. The largest absolute Gasteiger partial charge is 0.350 e. The second-order valence-electron chi connectivity index (χ2n) is 6.82. The molecule has 0 spiro atoms. The molecular formula is C23H21N3O2S. The number of hydrogen-bond acceptors (Lipinski definition) is 4. The molecular weight excluding hydrogens is 382 g/mol. The van der Waals surface area contributed by atoms with Crippen molar-refractivity contribution < 1.29 is 4.79 Å². The predicted molar refractivity (Wildman–Crippen MR) is 117 cm³/mol. The van der Waals surface area contributed by atoms with Crippen LogP contribution in [-0.2, 0) is 24.3 Å². The van der Waals surface area contributed by atoms with Crippen LogP contribution in [0.4, 0.5) is 0 Å². The van der Waals surface area contributed by atoms with Gasteiger partial charge in [-0.25, -0.2) is 4.98 Å². The Kier molecular flexibility index (Phi) is 5.53. The second-order valence-corrected chi connectivity index (χ2v) is 7.68. The Hall–Kier alpha value is -3.25. The maximum atomic E-state index is 13.1. The third-order valence-electron chi connectivity index (χ3n) is 4.88. The van der Waals surface area contributed by atoms with Crippen LogP contribution in [0.15, 0.2) is 71.1 Å². The van der Waals surface area contributed by atoms with Crippen LogP contribution in [0.3, 0.4) is 0 Å². The van der Waals surface area contributed by atoms with E-state index in [1.807, 2.05) is 47.8 Å². The maximum absolute atomic E-state index is 13.1. The summed E-state index contributed by atoms with van der Waals surface area (Å²) in [4.78, 5) is 30.5. The van der Waals surface area contributed by atoms with E-state index in [1.54, 1.807) is 0 Å². The van der Waals surface area contributed by atoms with Crippen molar-refractivity contribution in [2.24, 2.45) is 0 Å². The molecule has 146 valence electrons. The number of carbonyl (C=O) groups excluding carboxylic acids is 1. The molecule has 0 unspecified atom stereocenters. The minimum Gasteiger partial charge on any atom is -0.350 e. The van der Waals surface area contributed by atoms with Crippen LogP contribution in [0.25, 0.3) is 21.3 Å². The highest BCUT2D eigenvalue weighted by Crippen LogP contribution is 2.30. The van der Waals surface area contributed by atoms with Crippen molar-refractivity contribution in [3.8, 4) is 11.1 Å². The van der Waals surface area contributed by atoms with E-state index >= 15 is 0 Å². The first kappa shape index (κ1) is 19.1. The summed E-state index contributed by atoms with van der Waals surface area (Å²) >= 11 is 1.44. The van der Waals surface area contributed by atoms with E-state index in [1.165, 1.54) is 27.8 Å². The SMILES string of the molecule is CCc1ccc(-c2csc3ncn(CC(=O)NCc4ccccc4)c(=O)c23)cc1. The van der Waals surface area contributed by atoms with Gasteiger partial charge in [0, 0.05) is 17.5 Å². The molecule has 0 aliphatic heterocycles. The number of thiophene rings is 1. The Balaban J connectivity index is 1.58. The van der Waals surface area contributed by atoms with Crippen molar-refractivity contribution in [3.63, 3.8) is 0 Å². The Morgan fingerprint density at radius 2 is 1.83 bits per heavy atom. The van der Waals surface area contributed by atoms with Crippen LogP contribution in [0, 0.1) is 0 Å². The van der Waals surface area contributed by atoms with E-state index in [0.29, 0.717) is 16.8 Å². The summed E-state index contributed by atoms with van der Waals surface area (Å²) in [7, 11) is 0. The number of benzene rings is 2. The summed E-state index contributed by atoms with van der Waals surface area (Å²) in [6, 6.07) is 17.9. The summed E-state index contributed by atoms with van der Waals surface area (Å²) in [5.74, 6) is -0.221. The third-order valence-corrected chi connectivity index (χ3v) is 5.77. The Labute approximate surface area is 172 Å². The highest BCUT2D eigenvalue weighted by atomic mass is 32.1. The minimum atomic E-state index is -0.221. The van der Waals surface area contributed by atoms with Crippen LogP contribution in [0.2, 0.25) is 0 Å². The minimum absolute atomic E-state index is 0.0569. The van der Waals surface area contributed by atoms with Crippen molar-refractivity contribution in [2.45, 2.75) is 26.4 Å². The van der Waals surface area contributed by atoms with Gasteiger partial charge >= 0.3 is 0 Å². The molecule has 29 heavy (non-hydrogen) atoms. The van der Waals surface area contributed by atoms with Crippen LogP contribution in [0.1, 0.15) is 18.1 Å². The fourth-order valence-electron chi connectivity index (χ4n) is 3.22. The molecule has 0 radical (unpaired) electrons. The smallest absolute Gasteiger partial charge is 0.263 e. The van der Waals surface area contributed by atoms with E-state index < -0.39 is 0 Å². The lowest BCUT2D eigenvalue weighted by Crippen LogP contribution is -2.32. The zero-order valence-corrected chi connectivity index (χ0v) is 16.9. The first-order valence-corrected chi connectivity index (χ1v) is 10.4. The van der Waals surface area contributed by atoms with Crippen molar-refractivity contribution in [1.82, 2.24) is 14.9 Å². The number of rotatable bonds is 6. The lowest BCUT2D eigenvalue weighted by Gasteiger charge is -2.08. The summed E-state index contributed by atoms with van der Waals surface area (Å²) in [5, 5.41) is 5.38. The van der Waals surface area contributed by atoms with E-state index in [4.69, 9.17) is 0 Å². The van der Waals surface area contributed by atoms with Gasteiger partial charge in [-0.15, -0.1) is 11.3 Å². The zero-order valence-electron chi connectivity index (χ0n) is 16.1. The van der Waals surface area contributed by atoms with Gasteiger partial charge in [-0.3, -0.25) is 14.2 Å². The van der Waals surface area contributed by atoms with Gasteiger partial charge in [0.2, 0.25) is 5.91 Å². The number of nitrogens with zero attached hydrogens (tertiary/aromatic N) is 2. The normalized spacial score (nSPS) is 10.9. The molecule has 0 aliphatic carbocycles.